The maximum Gasteiger partial charge on any atom is 0.216 e. The van der Waals surface area contributed by atoms with Crippen molar-refractivity contribution in [2.45, 2.75) is 32.7 Å². The molecule has 6 nitrogen and oxygen atoms in total. The van der Waals surface area contributed by atoms with Crippen molar-refractivity contribution in [3.63, 3.8) is 0 Å². The number of rotatable bonds is 7. The number of guanidine groups is 1. The van der Waals surface area contributed by atoms with Crippen LogP contribution in [-0.4, -0.2) is 49.2 Å². The predicted octanol–water partition coefficient (Wildman–Crippen LogP) is 4.17. The van der Waals surface area contributed by atoms with Crippen molar-refractivity contribution in [2.75, 3.05) is 33.4 Å². The van der Waals surface area contributed by atoms with Crippen molar-refractivity contribution in [1.29, 1.82) is 0 Å². The standard InChI is InChI=1S/C21H30N4O2.HI/c1-3-22-21(25(2)12-9-17-10-13-26-14-11-17)24-16-20-23-15-19(27-20)18-7-5-4-6-8-18;/h4-8,15,17H,3,9-14,16H2,1-2H3,(H,22,24);1H. The van der Waals surface area contributed by atoms with Gasteiger partial charge in [-0.15, -0.1) is 24.0 Å². The minimum atomic E-state index is 0. The van der Waals surface area contributed by atoms with Crippen LogP contribution in [0, 0.1) is 5.92 Å². The molecule has 0 aliphatic carbocycles. The molecule has 0 bridgehead atoms. The monoisotopic (exact) mass is 498 g/mol. The van der Waals surface area contributed by atoms with E-state index in [0.717, 1.165) is 49.5 Å². The van der Waals surface area contributed by atoms with Crippen LogP contribution in [-0.2, 0) is 11.3 Å². The summed E-state index contributed by atoms with van der Waals surface area (Å²) in [5, 5.41) is 3.36. The molecule has 0 atom stereocenters. The highest BCUT2D eigenvalue weighted by molar-refractivity contribution is 14.0. The molecule has 0 unspecified atom stereocenters. The van der Waals surface area contributed by atoms with Crippen LogP contribution >= 0.6 is 24.0 Å². The van der Waals surface area contributed by atoms with Gasteiger partial charge in [0, 0.05) is 38.9 Å². The molecule has 3 rings (SSSR count). The molecule has 2 aromatic rings. The first-order valence-corrected chi connectivity index (χ1v) is 9.83. The molecule has 0 saturated carbocycles. The topological polar surface area (TPSA) is 62.9 Å². The van der Waals surface area contributed by atoms with Gasteiger partial charge in [-0.05, 0) is 32.1 Å². The third-order valence-electron chi connectivity index (χ3n) is 4.89. The van der Waals surface area contributed by atoms with Crippen LogP contribution in [0.3, 0.4) is 0 Å². The van der Waals surface area contributed by atoms with Gasteiger partial charge in [-0.1, -0.05) is 30.3 Å². The van der Waals surface area contributed by atoms with Crippen LogP contribution < -0.4 is 5.32 Å². The van der Waals surface area contributed by atoms with E-state index in [4.69, 9.17) is 14.1 Å². The molecular weight excluding hydrogens is 467 g/mol. The highest BCUT2D eigenvalue weighted by atomic mass is 127. The number of aliphatic imine (C=N–C) groups is 1. The SMILES string of the molecule is CCNC(=NCc1ncc(-c2ccccc2)o1)N(C)CCC1CCOCC1.I. The van der Waals surface area contributed by atoms with E-state index in [-0.39, 0.29) is 24.0 Å². The van der Waals surface area contributed by atoms with Gasteiger partial charge in [-0.2, -0.15) is 0 Å². The summed E-state index contributed by atoms with van der Waals surface area (Å²) in [5.41, 5.74) is 1.03. The molecule has 1 aliphatic rings. The lowest BCUT2D eigenvalue weighted by atomic mass is 9.96. The summed E-state index contributed by atoms with van der Waals surface area (Å²) in [6, 6.07) is 10.0. The lowest BCUT2D eigenvalue weighted by Crippen LogP contribution is -2.40. The van der Waals surface area contributed by atoms with Gasteiger partial charge in [0.25, 0.3) is 0 Å². The first-order valence-electron chi connectivity index (χ1n) is 9.83. The van der Waals surface area contributed by atoms with E-state index in [2.05, 4.69) is 29.2 Å². The summed E-state index contributed by atoms with van der Waals surface area (Å²) in [6.45, 7) is 6.13. The van der Waals surface area contributed by atoms with Gasteiger partial charge in [0.1, 0.15) is 6.54 Å². The van der Waals surface area contributed by atoms with Crippen LogP contribution in [0.2, 0.25) is 0 Å². The molecule has 154 valence electrons. The van der Waals surface area contributed by atoms with E-state index in [1.807, 2.05) is 30.3 Å². The summed E-state index contributed by atoms with van der Waals surface area (Å²) in [4.78, 5) is 11.3. The molecule has 1 aliphatic heterocycles. The number of nitrogens with one attached hydrogen (secondary N) is 1. The van der Waals surface area contributed by atoms with Crippen molar-refractivity contribution >= 4 is 29.9 Å². The summed E-state index contributed by atoms with van der Waals surface area (Å²) in [7, 11) is 2.09. The zero-order valence-corrected chi connectivity index (χ0v) is 19.1. The van der Waals surface area contributed by atoms with Gasteiger partial charge in [0.05, 0.1) is 6.20 Å². The van der Waals surface area contributed by atoms with Crippen LogP contribution in [0.1, 0.15) is 32.1 Å². The maximum atomic E-state index is 5.85. The Morgan fingerprint density at radius 1 is 1.25 bits per heavy atom. The molecule has 1 fully saturated rings. The van der Waals surface area contributed by atoms with E-state index in [1.165, 1.54) is 19.3 Å². The predicted molar refractivity (Wildman–Crippen MR) is 123 cm³/mol. The molecule has 2 heterocycles. The normalized spacial score (nSPS) is 15.1. The molecule has 0 radical (unpaired) electrons. The zero-order valence-electron chi connectivity index (χ0n) is 16.8. The van der Waals surface area contributed by atoms with E-state index < -0.39 is 0 Å². The molecule has 1 N–H and O–H groups in total. The molecule has 1 saturated heterocycles. The molecule has 1 aromatic heterocycles. The summed E-state index contributed by atoms with van der Waals surface area (Å²) >= 11 is 0. The Hall–Kier alpha value is -1.61. The van der Waals surface area contributed by atoms with Gasteiger partial charge in [0.15, 0.2) is 11.7 Å². The molecular formula is C21H31IN4O2. The smallest absolute Gasteiger partial charge is 0.216 e. The lowest BCUT2D eigenvalue weighted by molar-refractivity contribution is 0.0625. The Bertz CT molecular complexity index is 714. The minimum Gasteiger partial charge on any atom is -0.439 e. The average Bonchev–Trinajstić information content (AvgIpc) is 3.20. The van der Waals surface area contributed by atoms with Gasteiger partial charge < -0.3 is 19.4 Å². The van der Waals surface area contributed by atoms with Crippen molar-refractivity contribution in [2.24, 2.45) is 10.9 Å². The second-order valence-corrected chi connectivity index (χ2v) is 6.92. The number of nitrogens with zero attached hydrogens (tertiary/aromatic N) is 3. The number of ether oxygens (including phenoxy) is 1. The second-order valence-electron chi connectivity index (χ2n) is 6.92. The summed E-state index contributed by atoms with van der Waals surface area (Å²) < 4.78 is 11.3. The third kappa shape index (κ3) is 6.77. The van der Waals surface area contributed by atoms with Gasteiger partial charge in [0.2, 0.25) is 5.89 Å². The summed E-state index contributed by atoms with van der Waals surface area (Å²) in [5.74, 6) is 3.05. The number of hydrogen-bond donors (Lipinski definition) is 1. The fourth-order valence-corrected chi connectivity index (χ4v) is 3.25. The largest absolute Gasteiger partial charge is 0.439 e. The molecule has 7 heteroatoms. The Balaban J connectivity index is 0.00000280. The van der Waals surface area contributed by atoms with Gasteiger partial charge >= 0.3 is 0 Å². The average molecular weight is 498 g/mol. The van der Waals surface area contributed by atoms with Crippen LogP contribution in [0.5, 0.6) is 0 Å². The number of benzene rings is 1. The van der Waals surface area contributed by atoms with E-state index >= 15 is 0 Å². The second kappa shape index (κ2) is 12.1. The fourth-order valence-electron chi connectivity index (χ4n) is 3.25. The first-order chi connectivity index (χ1) is 13.3. The van der Waals surface area contributed by atoms with Gasteiger partial charge in [-0.3, -0.25) is 0 Å². The Morgan fingerprint density at radius 2 is 2.00 bits per heavy atom. The van der Waals surface area contributed by atoms with Crippen molar-refractivity contribution in [3.05, 3.63) is 42.4 Å². The first kappa shape index (κ1) is 22.7. The van der Waals surface area contributed by atoms with Crippen LogP contribution in [0.25, 0.3) is 11.3 Å². The zero-order chi connectivity index (χ0) is 18.9. The minimum absolute atomic E-state index is 0. The Kier molecular flexibility index (Phi) is 9.77. The highest BCUT2D eigenvalue weighted by Gasteiger charge is 2.15. The van der Waals surface area contributed by atoms with Crippen LogP contribution in [0.15, 0.2) is 45.9 Å². The van der Waals surface area contributed by atoms with Gasteiger partial charge in [-0.25, -0.2) is 9.98 Å². The molecule has 0 spiro atoms. The van der Waals surface area contributed by atoms with E-state index in [1.54, 1.807) is 6.20 Å². The van der Waals surface area contributed by atoms with E-state index in [0.29, 0.717) is 12.4 Å². The Labute approximate surface area is 184 Å². The number of halogens is 1. The highest BCUT2D eigenvalue weighted by Crippen LogP contribution is 2.20. The van der Waals surface area contributed by atoms with Crippen molar-refractivity contribution in [3.8, 4) is 11.3 Å². The van der Waals surface area contributed by atoms with E-state index in [9.17, 15) is 0 Å². The van der Waals surface area contributed by atoms with Crippen LogP contribution in [0.4, 0.5) is 0 Å². The fraction of sp³-hybridized carbons (Fsp3) is 0.524. The number of hydrogen-bond acceptors (Lipinski definition) is 4. The lowest BCUT2D eigenvalue weighted by Gasteiger charge is -2.26. The number of aromatic nitrogens is 1. The summed E-state index contributed by atoms with van der Waals surface area (Å²) in [6.07, 6.45) is 5.27. The molecule has 0 amide bonds. The Morgan fingerprint density at radius 3 is 2.71 bits per heavy atom. The third-order valence-corrected chi connectivity index (χ3v) is 4.89. The quantitative estimate of drug-likeness (QED) is 0.353. The maximum absolute atomic E-state index is 5.85. The van der Waals surface area contributed by atoms with Crippen molar-refractivity contribution < 1.29 is 9.15 Å². The van der Waals surface area contributed by atoms with Crippen molar-refractivity contribution in [1.82, 2.24) is 15.2 Å². The number of oxazole rings is 1. The molecule has 28 heavy (non-hydrogen) atoms. The molecule has 1 aromatic carbocycles.